The van der Waals surface area contributed by atoms with Crippen LogP contribution in [0.4, 0.5) is 0 Å². The van der Waals surface area contributed by atoms with Crippen molar-refractivity contribution in [1.29, 1.82) is 0 Å². The average Bonchev–Trinajstić information content (AvgIpc) is 2.28. The molecule has 0 bridgehead atoms. The van der Waals surface area contributed by atoms with E-state index in [9.17, 15) is 4.79 Å². The summed E-state index contributed by atoms with van der Waals surface area (Å²) in [5, 5.41) is 41.2. The highest BCUT2D eigenvalue weighted by molar-refractivity contribution is 6.58. The summed E-state index contributed by atoms with van der Waals surface area (Å²) in [6.45, 7) is 1.08. The Morgan fingerprint density at radius 1 is 1.25 bits per heavy atom. The number of rotatable bonds is 2. The van der Waals surface area contributed by atoms with Crippen LogP contribution >= 0.6 is 0 Å². The summed E-state index contributed by atoms with van der Waals surface area (Å²) in [5.74, 6) is -1.80. The standard InChI is InChI=1S/C6H7BO3.C3H5NO2.C2H4O2/c8-6-3-1-2-5(4-6)7(9)10;1-4-2-3(5)6;1-2(3)4/h1-4,8-10H;2H,1H3,(H,5,6);1H3,(H,3,4). The van der Waals surface area contributed by atoms with Gasteiger partial charge in [-0.15, -0.1) is 0 Å². The molecule has 20 heavy (non-hydrogen) atoms. The number of benzene rings is 1. The van der Waals surface area contributed by atoms with Gasteiger partial charge in [-0.2, -0.15) is 0 Å². The number of phenols is 1. The lowest BCUT2D eigenvalue weighted by atomic mass is 9.80. The van der Waals surface area contributed by atoms with E-state index in [0.717, 1.165) is 13.1 Å². The van der Waals surface area contributed by atoms with Gasteiger partial charge >= 0.3 is 13.1 Å². The first-order valence-corrected chi connectivity index (χ1v) is 5.20. The van der Waals surface area contributed by atoms with Crippen molar-refractivity contribution in [3.63, 3.8) is 0 Å². The molecule has 1 aromatic rings. The maximum atomic E-state index is 9.45. The molecule has 0 amide bonds. The molecule has 0 aliphatic rings. The second-order valence-electron chi connectivity index (χ2n) is 3.21. The third kappa shape index (κ3) is 15.6. The van der Waals surface area contributed by atoms with E-state index in [1.165, 1.54) is 25.2 Å². The molecule has 0 aliphatic heterocycles. The van der Waals surface area contributed by atoms with Gasteiger partial charge in [0.15, 0.2) is 0 Å². The Bertz CT molecular complexity index is 444. The first-order valence-electron chi connectivity index (χ1n) is 5.20. The fourth-order valence-corrected chi connectivity index (χ4v) is 0.796. The van der Waals surface area contributed by atoms with Gasteiger partial charge in [0.25, 0.3) is 5.97 Å². The summed E-state index contributed by atoms with van der Waals surface area (Å²) < 4.78 is 0. The maximum Gasteiger partial charge on any atom is 0.488 e. The second-order valence-corrected chi connectivity index (χ2v) is 3.21. The number of nitrogens with zero attached hydrogens (tertiary/aromatic N) is 1. The Kier molecular flexibility index (Phi) is 11.7. The van der Waals surface area contributed by atoms with Crippen molar-refractivity contribution < 1.29 is 35.0 Å². The predicted molar refractivity (Wildman–Crippen MR) is 73.3 cm³/mol. The van der Waals surface area contributed by atoms with Crippen LogP contribution < -0.4 is 5.46 Å². The second kappa shape index (κ2) is 11.7. The van der Waals surface area contributed by atoms with Crippen LogP contribution in [0.3, 0.4) is 0 Å². The van der Waals surface area contributed by atoms with Crippen LogP contribution in [0.5, 0.6) is 5.75 Å². The van der Waals surface area contributed by atoms with E-state index < -0.39 is 19.1 Å². The summed E-state index contributed by atoms with van der Waals surface area (Å²) in [5.41, 5.74) is 0.292. The van der Waals surface area contributed by atoms with E-state index in [2.05, 4.69) is 4.99 Å². The lowest BCUT2D eigenvalue weighted by Crippen LogP contribution is -2.29. The van der Waals surface area contributed by atoms with E-state index in [-0.39, 0.29) is 5.75 Å². The molecule has 1 rings (SSSR count). The van der Waals surface area contributed by atoms with Gasteiger partial charge in [0.05, 0.1) is 0 Å². The van der Waals surface area contributed by atoms with Crippen LogP contribution in [-0.2, 0) is 9.59 Å². The Morgan fingerprint density at radius 3 is 1.95 bits per heavy atom. The fraction of sp³-hybridized carbons (Fsp3) is 0.182. The van der Waals surface area contributed by atoms with Gasteiger partial charge in [0.2, 0.25) is 0 Å². The molecule has 8 nitrogen and oxygen atoms in total. The number of carboxylic acid groups (broad SMARTS) is 2. The Balaban J connectivity index is 0. The molecule has 9 heteroatoms. The lowest BCUT2D eigenvalue weighted by molar-refractivity contribution is -0.134. The van der Waals surface area contributed by atoms with E-state index >= 15 is 0 Å². The highest BCUT2D eigenvalue weighted by atomic mass is 16.4. The number of phenolic OH excluding ortho intramolecular Hbond substituents is 1. The quantitative estimate of drug-likeness (QED) is 0.343. The first-order chi connectivity index (χ1) is 9.20. The predicted octanol–water partition coefficient (Wildman–Crippen LogP) is -1.07. The van der Waals surface area contributed by atoms with Crippen molar-refractivity contribution in [2.24, 2.45) is 4.99 Å². The Hall–Kier alpha value is -2.39. The summed E-state index contributed by atoms with van der Waals surface area (Å²) in [4.78, 5) is 21.7. The zero-order chi connectivity index (χ0) is 16.1. The summed E-state index contributed by atoms with van der Waals surface area (Å²) in [6, 6.07) is 5.82. The molecule has 0 saturated carbocycles. The number of aromatic hydroxyl groups is 1. The third-order valence-electron chi connectivity index (χ3n) is 1.41. The van der Waals surface area contributed by atoms with Gasteiger partial charge in [-0.05, 0) is 17.6 Å². The van der Waals surface area contributed by atoms with E-state index in [0.29, 0.717) is 5.46 Å². The normalized spacial score (nSPS) is 8.80. The number of carboxylic acids is 2. The number of aliphatic carboxylic acids is 2. The minimum atomic E-state index is -1.51. The van der Waals surface area contributed by atoms with Gasteiger partial charge in [-0.25, -0.2) is 4.79 Å². The average molecular weight is 285 g/mol. The Labute approximate surface area is 115 Å². The van der Waals surface area contributed by atoms with Crippen molar-refractivity contribution in [2.75, 3.05) is 7.05 Å². The maximum absolute atomic E-state index is 9.45. The summed E-state index contributed by atoms with van der Waals surface area (Å²) >= 11 is 0. The summed E-state index contributed by atoms with van der Waals surface area (Å²) in [6.07, 6.45) is 0.833. The van der Waals surface area contributed by atoms with Crippen LogP contribution in [0.15, 0.2) is 29.3 Å². The fourth-order valence-electron chi connectivity index (χ4n) is 0.796. The van der Waals surface area contributed by atoms with E-state index in [4.69, 9.17) is 30.2 Å². The molecule has 0 atom stereocenters. The van der Waals surface area contributed by atoms with Gasteiger partial charge in [0, 0.05) is 14.0 Å². The van der Waals surface area contributed by atoms with Crippen molar-refractivity contribution in [2.45, 2.75) is 6.92 Å². The topological polar surface area (TPSA) is 148 Å². The molecule has 0 heterocycles. The number of hydrogen-bond donors (Lipinski definition) is 5. The van der Waals surface area contributed by atoms with Crippen LogP contribution in [0.1, 0.15) is 6.92 Å². The molecule has 0 radical (unpaired) electrons. The molecule has 5 N–H and O–H groups in total. The monoisotopic (exact) mass is 285 g/mol. The van der Waals surface area contributed by atoms with Crippen LogP contribution in [0.2, 0.25) is 0 Å². The molecular weight excluding hydrogens is 269 g/mol. The van der Waals surface area contributed by atoms with Gasteiger partial charge < -0.3 is 25.4 Å². The number of aliphatic imine (C=N–C) groups is 1. The zero-order valence-electron chi connectivity index (χ0n) is 11.0. The molecule has 0 aliphatic carbocycles. The minimum absolute atomic E-state index is 0.0330. The smallest absolute Gasteiger partial charge is 0.488 e. The molecular formula is C11H16BNO7. The highest BCUT2D eigenvalue weighted by Gasteiger charge is 2.09. The van der Waals surface area contributed by atoms with Gasteiger partial charge in [0.1, 0.15) is 12.0 Å². The molecule has 0 aromatic heterocycles. The van der Waals surface area contributed by atoms with Crippen molar-refractivity contribution in [3.05, 3.63) is 24.3 Å². The molecule has 0 unspecified atom stereocenters. The van der Waals surface area contributed by atoms with E-state index in [1.54, 1.807) is 6.07 Å². The van der Waals surface area contributed by atoms with Crippen molar-refractivity contribution in [1.82, 2.24) is 0 Å². The van der Waals surface area contributed by atoms with E-state index in [1.807, 2.05) is 0 Å². The van der Waals surface area contributed by atoms with Gasteiger partial charge in [-0.3, -0.25) is 9.79 Å². The largest absolute Gasteiger partial charge is 0.508 e. The molecule has 0 saturated heterocycles. The van der Waals surface area contributed by atoms with Gasteiger partial charge in [-0.1, -0.05) is 12.1 Å². The third-order valence-corrected chi connectivity index (χ3v) is 1.41. The Morgan fingerprint density at radius 2 is 1.75 bits per heavy atom. The zero-order valence-corrected chi connectivity index (χ0v) is 11.0. The van der Waals surface area contributed by atoms with Crippen LogP contribution in [0.25, 0.3) is 0 Å². The van der Waals surface area contributed by atoms with Crippen molar-refractivity contribution in [3.8, 4) is 5.75 Å². The summed E-state index contributed by atoms with van der Waals surface area (Å²) in [7, 11) is -0.0965. The SMILES string of the molecule is CC(=O)O.CN=CC(=O)O.OB(O)c1cccc(O)c1. The van der Waals surface area contributed by atoms with Crippen molar-refractivity contribution >= 4 is 30.7 Å². The molecule has 0 fully saturated rings. The number of hydrogen-bond acceptors (Lipinski definition) is 6. The van der Waals surface area contributed by atoms with Crippen LogP contribution in [-0.4, -0.2) is 57.7 Å². The first kappa shape index (κ1) is 19.9. The minimum Gasteiger partial charge on any atom is -0.508 e. The molecule has 110 valence electrons. The number of carbonyl (C=O) groups is 2. The molecule has 1 aromatic carbocycles. The lowest BCUT2D eigenvalue weighted by Gasteiger charge is -1.97. The highest BCUT2D eigenvalue weighted by Crippen LogP contribution is 2.02. The van der Waals surface area contributed by atoms with Crippen LogP contribution in [0, 0.1) is 0 Å². The molecule has 0 spiro atoms.